The molecule has 0 unspecified atom stereocenters. The number of aliphatic hydroxyl groups excluding tert-OH is 1. The van der Waals surface area contributed by atoms with Gasteiger partial charge in [0.2, 0.25) is 5.95 Å². The van der Waals surface area contributed by atoms with Gasteiger partial charge in [-0.1, -0.05) is 6.07 Å². The highest BCUT2D eigenvalue weighted by Gasteiger charge is 2.34. The molecule has 1 aliphatic heterocycles. The van der Waals surface area contributed by atoms with Crippen molar-refractivity contribution in [3.8, 4) is 11.1 Å². The Bertz CT molecular complexity index is 1460. The molecule has 0 spiro atoms. The summed E-state index contributed by atoms with van der Waals surface area (Å²) in [5.74, 6) is -0.412. The molecule has 4 aromatic rings. The van der Waals surface area contributed by atoms with Gasteiger partial charge in [0.05, 0.1) is 24.4 Å². The number of fused-ring (bicyclic) bond motifs is 1. The molecule has 14 heteroatoms. The van der Waals surface area contributed by atoms with Crippen LogP contribution in [0.2, 0.25) is 0 Å². The van der Waals surface area contributed by atoms with Crippen LogP contribution in [-0.2, 0) is 10.9 Å². The summed E-state index contributed by atoms with van der Waals surface area (Å²) in [6.07, 6.45) is 3.18. The zero-order valence-corrected chi connectivity index (χ0v) is 21.0. The van der Waals surface area contributed by atoms with E-state index in [0.717, 1.165) is 6.07 Å². The molecule has 0 radical (unpaired) electrons. The van der Waals surface area contributed by atoms with E-state index in [2.05, 4.69) is 25.5 Å². The molecular formula is C25H27F3N8O3. The lowest BCUT2D eigenvalue weighted by molar-refractivity contribution is -0.141. The van der Waals surface area contributed by atoms with Crippen LogP contribution in [0, 0.1) is 5.92 Å². The SMILES string of the molecule is C[C@@H](CO)NC(=O)c1cc(-c2cnn([C@H](c3ccc(C(F)(F)F)nc3)C3CCOCC3)c2)cn2nc(N)nc12. The fourth-order valence-corrected chi connectivity index (χ4v) is 4.73. The fraction of sp³-hybridized carbons (Fsp3) is 0.400. The number of nitrogens with one attached hydrogen (secondary N) is 1. The minimum absolute atomic E-state index is 0.0125. The Kier molecular flexibility index (Phi) is 7.23. The standard InChI is InChI=1S/C25H27F3N8O3/c1-14(13-37)32-23(38)19-8-17(11-36-22(19)33-24(29)34-36)18-10-31-35(12-18)21(15-4-6-39-7-5-15)16-2-3-20(30-9-16)25(26,27)28/h2-3,8-12,14-15,21,37H,4-7,13H2,1H3,(H2,29,34)(H,32,38)/t14-,21-/m0/s1. The molecule has 0 bridgehead atoms. The van der Waals surface area contributed by atoms with Crippen LogP contribution in [0.4, 0.5) is 19.1 Å². The second-order valence-electron chi connectivity index (χ2n) is 9.52. The van der Waals surface area contributed by atoms with E-state index in [1.165, 1.54) is 16.8 Å². The number of anilines is 1. The highest BCUT2D eigenvalue weighted by Crippen LogP contribution is 2.36. The van der Waals surface area contributed by atoms with Crippen molar-refractivity contribution in [1.29, 1.82) is 0 Å². The molecule has 1 fully saturated rings. The van der Waals surface area contributed by atoms with Gasteiger partial charge in [-0.25, -0.2) is 4.52 Å². The largest absolute Gasteiger partial charge is 0.433 e. The zero-order chi connectivity index (χ0) is 27.7. The van der Waals surface area contributed by atoms with Gasteiger partial charge in [0, 0.05) is 49.0 Å². The van der Waals surface area contributed by atoms with E-state index in [9.17, 15) is 23.1 Å². The maximum absolute atomic E-state index is 13.1. The van der Waals surface area contributed by atoms with Crippen LogP contribution in [0.3, 0.4) is 0 Å². The van der Waals surface area contributed by atoms with E-state index in [-0.39, 0.29) is 35.7 Å². The molecular weight excluding hydrogens is 517 g/mol. The van der Waals surface area contributed by atoms with Crippen molar-refractivity contribution in [2.75, 3.05) is 25.6 Å². The van der Waals surface area contributed by atoms with Crippen molar-refractivity contribution in [2.45, 2.75) is 38.0 Å². The number of aliphatic hydroxyl groups is 1. The van der Waals surface area contributed by atoms with Gasteiger partial charge in [0.15, 0.2) is 5.65 Å². The van der Waals surface area contributed by atoms with E-state index in [0.29, 0.717) is 42.7 Å². The molecule has 4 aromatic heterocycles. The number of aromatic nitrogens is 6. The topological polar surface area (TPSA) is 145 Å². The van der Waals surface area contributed by atoms with Gasteiger partial charge in [0.25, 0.3) is 5.91 Å². The van der Waals surface area contributed by atoms with Crippen LogP contribution in [-0.4, -0.2) is 66.2 Å². The number of carbonyl (C=O) groups is 1. The highest BCUT2D eigenvalue weighted by molar-refractivity contribution is 6.01. The number of halogens is 3. The molecule has 1 amide bonds. The minimum atomic E-state index is -4.53. The molecule has 1 aliphatic rings. The number of carbonyl (C=O) groups excluding carboxylic acids is 1. The summed E-state index contributed by atoms with van der Waals surface area (Å²) in [6, 6.07) is 3.19. The quantitative estimate of drug-likeness (QED) is 0.322. The van der Waals surface area contributed by atoms with Crippen molar-refractivity contribution in [3.05, 3.63) is 59.8 Å². The lowest BCUT2D eigenvalue weighted by atomic mass is 9.87. The number of rotatable bonds is 7. The maximum Gasteiger partial charge on any atom is 0.433 e. The van der Waals surface area contributed by atoms with Crippen LogP contribution in [0.15, 0.2) is 43.0 Å². The van der Waals surface area contributed by atoms with E-state index in [1.54, 1.807) is 36.3 Å². The van der Waals surface area contributed by atoms with Crippen molar-refractivity contribution in [2.24, 2.45) is 5.92 Å². The second kappa shape index (κ2) is 10.6. The number of nitrogens with two attached hydrogens (primary N) is 1. The molecule has 39 heavy (non-hydrogen) atoms. The minimum Gasteiger partial charge on any atom is -0.394 e. The highest BCUT2D eigenvalue weighted by atomic mass is 19.4. The van der Waals surface area contributed by atoms with Crippen LogP contribution < -0.4 is 11.1 Å². The summed E-state index contributed by atoms with van der Waals surface area (Å²) in [5.41, 5.74) is 7.12. The predicted molar refractivity (Wildman–Crippen MR) is 134 cm³/mol. The Morgan fingerprint density at radius 3 is 2.67 bits per heavy atom. The Morgan fingerprint density at radius 2 is 2.00 bits per heavy atom. The molecule has 1 saturated heterocycles. The number of nitrogens with zero attached hydrogens (tertiary/aromatic N) is 6. The first-order chi connectivity index (χ1) is 18.6. The predicted octanol–water partition coefficient (Wildman–Crippen LogP) is 2.72. The van der Waals surface area contributed by atoms with Crippen LogP contribution in [0.25, 0.3) is 16.8 Å². The third-order valence-electron chi connectivity index (χ3n) is 6.70. The fourth-order valence-electron chi connectivity index (χ4n) is 4.73. The Hall–Kier alpha value is -4.04. The Balaban J connectivity index is 1.53. The third kappa shape index (κ3) is 5.56. The Labute approximate surface area is 220 Å². The smallest absolute Gasteiger partial charge is 0.394 e. The molecule has 5 heterocycles. The maximum atomic E-state index is 13.1. The molecule has 4 N–H and O–H groups in total. The summed E-state index contributed by atoms with van der Waals surface area (Å²) in [6.45, 7) is 2.50. The Morgan fingerprint density at radius 1 is 1.23 bits per heavy atom. The molecule has 11 nitrogen and oxygen atoms in total. The number of amides is 1. The average Bonchev–Trinajstić information content (AvgIpc) is 3.54. The van der Waals surface area contributed by atoms with E-state index >= 15 is 0 Å². The van der Waals surface area contributed by atoms with Crippen LogP contribution in [0.5, 0.6) is 0 Å². The van der Waals surface area contributed by atoms with Gasteiger partial charge in [0.1, 0.15) is 5.69 Å². The number of hydrogen-bond acceptors (Lipinski definition) is 8. The molecule has 2 atom stereocenters. The summed E-state index contributed by atoms with van der Waals surface area (Å²) in [4.78, 5) is 20.8. The van der Waals surface area contributed by atoms with Gasteiger partial charge in [-0.3, -0.25) is 14.5 Å². The van der Waals surface area contributed by atoms with Crippen molar-refractivity contribution in [3.63, 3.8) is 0 Å². The van der Waals surface area contributed by atoms with Crippen molar-refractivity contribution < 1.29 is 27.8 Å². The van der Waals surface area contributed by atoms with Gasteiger partial charge < -0.3 is 20.9 Å². The summed E-state index contributed by atoms with van der Waals surface area (Å²) in [7, 11) is 0. The van der Waals surface area contributed by atoms with Gasteiger partial charge in [-0.15, -0.1) is 5.10 Å². The number of hydrogen-bond donors (Lipinski definition) is 3. The van der Waals surface area contributed by atoms with Crippen LogP contribution in [0.1, 0.15) is 47.4 Å². The van der Waals surface area contributed by atoms with E-state index < -0.39 is 23.8 Å². The summed E-state index contributed by atoms with van der Waals surface area (Å²) >= 11 is 0. The van der Waals surface area contributed by atoms with Crippen LogP contribution >= 0.6 is 0 Å². The third-order valence-corrected chi connectivity index (χ3v) is 6.70. The van der Waals surface area contributed by atoms with Gasteiger partial charge in [-0.2, -0.15) is 23.3 Å². The summed E-state index contributed by atoms with van der Waals surface area (Å²) in [5, 5.41) is 20.7. The number of ether oxygens (including phenoxy) is 1. The molecule has 0 aromatic carbocycles. The molecule has 0 saturated carbocycles. The molecule has 0 aliphatic carbocycles. The van der Waals surface area contributed by atoms with E-state index in [4.69, 9.17) is 10.5 Å². The summed E-state index contributed by atoms with van der Waals surface area (Å²) < 4.78 is 48.0. The normalized spacial score (nSPS) is 16.3. The van der Waals surface area contributed by atoms with E-state index in [1.807, 2.05) is 0 Å². The molecule has 5 rings (SSSR count). The number of pyridine rings is 2. The van der Waals surface area contributed by atoms with Gasteiger partial charge >= 0.3 is 6.18 Å². The second-order valence-corrected chi connectivity index (χ2v) is 9.52. The van der Waals surface area contributed by atoms with Crippen molar-refractivity contribution >= 4 is 17.5 Å². The first kappa shape index (κ1) is 26.6. The average molecular weight is 545 g/mol. The number of alkyl halides is 3. The van der Waals surface area contributed by atoms with Gasteiger partial charge in [-0.05, 0) is 43.4 Å². The lowest BCUT2D eigenvalue weighted by Crippen LogP contribution is -2.35. The number of nitrogen functional groups attached to an aromatic ring is 1. The molecule has 206 valence electrons. The first-order valence-electron chi connectivity index (χ1n) is 12.4. The first-order valence-corrected chi connectivity index (χ1v) is 12.4. The van der Waals surface area contributed by atoms with Crippen molar-refractivity contribution in [1.82, 2.24) is 34.7 Å². The lowest BCUT2D eigenvalue weighted by Gasteiger charge is -2.30. The zero-order valence-electron chi connectivity index (χ0n) is 21.0. The monoisotopic (exact) mass is 544 g/mol.